The van der Waals surface area contributed by atoms with Crippen LogP contribution in [0.3, 0.4) is 0 Å². The Morgan fingerprint density at radius 2 is 1.74 bits per heavy atom. The molecule has 0 aliphatic rings. The minimum atomic E-state index is 0.484. The third kappa shape index (κ3) is 3.88. The Hall–Kier alpha value is -1.19. The van der Waals surface area contributed by atoms with Crippen molar-refractivity contribution >= 4 is 27.5 Å². The van der Waals surface area contributed by atoms with Gasteiger partial charge in [-0.15, -0.1) is 0 Å². The molecule has 0 saturated heterocycles. The minimum Gasteiger partial charge on any atom is -0.497 e. The first kappa shape index (κ1) is 14.2. The topological polar surface area (TPSA) is 18.5 Å². The molecule has 0 bridgehead atoms. The average molecular weight is 342 g/mol. The zero-order chi connectivity index (χ0) is 13.7. The van der Waals surface area contributed by atoms with Crippen molar-refractivity contribution in [2.45, 2.75) is 11.9 Å². The van der Waals surface area contributed by atoms with Gasteiger partial charge in [-0.05, 0) is 35.4 Å². The van der Waals surface area contributed by atoms with E-state index in [9.17, 15) is 0 Å². The number of halogens is 2. The van der Waals surface area contributed by atoms with E-state index in [0.717, 1.165) is 22.2 Å². The summed E-state index contributed by atoms with van der Waals surface area (Å²) in [7, 11) is 1.65. The smallest absolute Gasteiger partial charge is 0.138 e. The molecule has 2 nitrogen and oxygen atoms in total. The molecule has 0 heterocycles. The monoisotopic (exact) mass is 340 g/mol. The molecule has 0 aliphatic heterocycles. The molecule has 0 atom stereocenters. The summed E-state index contributed by atoms with van der Waals surface area (Å²) in [5.74, 6) is 1.53. The predicted molar refractivity (Wildman–Crippen MR) is 81.4 cm³/mol. The van der Waals surface area contributed by atoms with Gasteiger partial charge in [0.05, 0.1) is 12.1 Å². The number of hydrogen-bond donors (Lipinski definition) is 0. The molecule has 0 radical (unpaired) electrons. The first-order valence-electron chi connectivity index (χ1n) is 5.83. The van der Waals surface area contributed by atoms with Crippen LogP contribution in [0.15, 0.2) is 42.5 Å². The van der Waals surface area contributed by atoms with Gasteiger partial charge in [0.2, 0.25) is 0 Å². The lowest BCUT2D eigenvalue weighted by Gasteiger charge is -2.09. The second-order valence-corrected chi connectivity index (χ2v) is 5.00. The van der Waals surface area contributed by atoms with Crippen LogP contribution >= 0.6 is 27.5 Å². The normalized spacial score (nSPS) is 10.3. The summed E-state index contributed by atoms with van der Waals surface area (Å²) in [4.78, 5) is 0. The highest BCUT2D eigenvalue weighted by atomic mass is 79.9. The molecule has 0 unspecified atom stereocenters. The van der Waals surface area contributed by atoms with Crippen molar-refractivity contribution in [2.75, 3.05) is 7.11 Å². The Morgan fingerprint density at radius 3 is 2.32 bits per heavy atom. The predicted octanol–water partition coefficient (Wildman–Crippen LogP) is 4.82. The SMILES string of the molecule is COc1ccc(COc2ccc(CBr)cc2Cl)cc1. The molecular formula is C15H14BrClO2. The largest absolute Gasteiger partial charge is 0.497 e. The van der Waals surface area contributed by atoms with Gasteiger partial charge in [-0.2, -0.15) is 0 Å². The van der Waals surface area contributed by atoms with Gasteiger partial charge < -0.3 is 9.47 Å². The van der Waals surface area contributed by atoms with Crippen LogP contribution in [0.5, 0.6) is 11.5 Å². The van der Waals surface area contributed by atoms with E-state index in [-0.39, 0.29) is 0 Å². The standard InChI is InChI=1S/C15H14BrClO2/c1-18-13-5-2-11(3-6-13)10-19-15-7-4-12(9-16)8-14(15)17/h2-8H,9-10H2,1H3. The van der Waals surface area contributed by atoms with Crippen LogP contribution in [0.25, 0.3) is 0 Å². The van der Waals surface area contributed by atoms with Crippen LogP contribution in [0.1, 0.15) is 11.1 Å². The summed E-state index contributed by atoms with van der Waals surface area (Å²) in [5, 5.41) is 1.41. The fraction of sp³-hybridized carbons (Fsp3) is 0.200. The van der Waals surface area contributed by atoms with Crippen LogP contribution in [-0.2, 0) is 11.9 Å². The number of alkyl halides is 1. The third-order valence-corrected chi connectivity index (χ3v) is 3.65. The second kappa shape index (κ2) is 6.83. The highest BCUT2D eigenvalue weighted by molar-refractivity contribution is 9.08. The van der Waals surface area contributed by atoms with Gasteiger partial charge in [0.15, 0.2) is 0 Å². The molecule has 19 heavy (non-hydrogen) atoms. The van der Waals surface area contributed by atoms with Crippen molar-refractivity contribution in [3.63, 3.8) is 0 Å². The summed E-state index contributed by atoms with van der Waals surface area (Å²) in [6.07, 6.45) is 0. The molecule has 2 rings (SSSR count). The maximum absolute atomic E-state index is 6.16. The fourth-order valence-electron chi connectivity index (χ4n) is 1.63. The van der Waals surface area contributed by atoms with Crippen molar-refractivity contribution < 1.29 is 9.47 Å². The highest BCUT2D eigenvalue weighted by Gasteiger charge is 2.03. The van der Waals surface area contributed by atoms with Crippen LogP contribution in [0, 0.1) is 0 Å². The molecule has 0 N–H and O–H groups in total. The lowest BCUT2D eigenvalue weighted by Crippen LogP contribution is -1.96. The van der Waals surface area contributed by atoms with E-state index in [1.165, 1.54) is 0 Å². The summed E-state index contributed by atoms with van der Waals surface area (Å²) in [5.41, 5.74) is 2.20. The van der Waals surface area contributed by atoms with Crippen molar-refractivity contribution in [1.82, 2.24) is 0 Å². The molecule has 2 aromatic carbocycles. The third-order valence-electron chi connectivity index (χ3n) is 2.70. The van der Waals surface area contributed by atoms with Gasteiger partial charge in [-0.3, -0.25) is 0 Å². The van der Waals surface area contributed by atoms with Crippen molar-refractivity contribution in [3.8, 4) is 11.5 Å². The van der Waals surface area contributed by atoms with Gasteiger partial charge in [-0.25, -0.2) is 0 Å². The van der Waals surface area contributed by atoms with Crippen LogP contribution in [-0.4, -0.2) is 7.11 Å². The molecule has 100 valence electrons. The van der Waals surface area contributed by atoms with E-state index < -0.39 is 0 Å². The number of ether oxygens (including phenoxy) is 2. The van der Waals surface area contributed by atoms with E-state index in [1.807, 2.05) is 42.5 Å². The van der Waals surface area contributed by atoms with Crippen molar-refractivity contribution in [1.29, 1.82) is 0 Å². The molecule has 0 amide bonds. The van der Waals surface area contributed by atoms with E-state index in [1.54, 1.807) is 7.11 Å². The first-order valence-corrected chi connectivity index (χ1v) is 7.33. The van der Waals surface area contributed by atoms with Crippen LogP contribution < -0.4 is 9.47 Å². The summed E-state index contributed by atoms with van der Waals surface area (Å²) < 4.78 is 10.8. The number of methoxy groups -OCH3 is 1. The van der Waals surface area contributed by atoms with Crippen LogP contribution in [0.4, 0.5) is 0 Å². The van der Waals surface area contributed by atoms with E-state index in [2.05, 4.69) is 15.9 Å². The van der Waals surface area contributed by atoms with E-state index in [0.29, 0.717) is 17.4 Å². The van der Waals surface area contributed by atoms with Gasteiger partial charge in [0.1, 0.15) is 18.1 Å². The quantitative estimate of drug-likeness (QED) is 0.726. The molecule has 0 aliphatic carbocycles. The Balaban J connectivity index is 2.01. The fourth-order valence-corrected chi connectivity index (χ4v) is 2.23. The summed E-state index contributed by atoms with van der Waals surface area (Å²) in [6, 6.07) is 13.5. The summed E-state index contributed by atoms with van der Waals surface area (Å²) in [6.45, 7) is 0.484. The Labute approximate surface area is 126 Å². The lowest BCUT2D eigenvalue weighted by molar-refractivity contribution is 0.306. The van der Waals surface area contributed by atoms with Crippen molar-refractivity contribution in [2.24, 2.45) is 0 Å². The van der Waals surface area contributed by atoms with E-state index in [4.69, 9.17) is 21.1 Å². The zero-order valence-corrected chi connectivity index (χ0v) is 12.9. The number of hydrogen-bond acceptors (Lipinski definition) is 2. The average Bonchev–Trinajstić information content (AvgIpc) is 2.46. The van der Waals surface area contributed by atoms with Gasteiger partial charge in [0.25, 0.3) is 0 Å². The second-order valence-electron chi connectivity index (χ2n) is 4.04. The molecule has 0 fully saturated rings. The van der Waals surface area contributed by atoms with Gasteiger partial charge in [0, 0.05) is 5.33 Å². The Kier molecular flexibility index (Phi) is 5.11. The number of rotatable bonds is 5. The molecule has 0 spiro atoms. The first-order chi connectivity index (χ1) is 9.22. The minimum absolute atomic E-state index is 0.484. The van der Waals surface area contributed by atoms with Crippen LogP contribution in [0.2, 0.25) is 5.02 Å². The lowest BCUT2D eigenvalue weighted by atomic mass is 10.2. The van der Waals surface area contributed by atoms with E-state index >= 15 is 0 Å². The maximum atomic E-state index is 6.16. The van der Waals surface area contributed by atoms with Gasteiger partial charge in [-0.1, -0.05) is 45.7 Å². The number of benzene rings is 2. The highest BCUT2D eigenvalue weighted by Crippen LogP contribution is 2.27. The summed E-state index contributed by atoms with van der Waals surface area (Å²) >= 11 is 9.55. The molecule has 0 aromatic heterocycles. The van der Waals surface area contributed by atoms with Gasteiger partial charge >= 0.3 is 0 Å². The molecule has 4 heteroatoms. The Morgan fingerprint density at radius 1 is 1.05 bits per heavy atom. The molecule has 0 saturated carbocycles. The zero-order valence-electron chi connectivity index (χ0n) is 10.5. The van der Waals surface area contributed by atoms with Crippen molar-refractivity contribution in [3.05, 3.63) is 58.6 Å². The molecular weight excluding hydrogens is 328 g/mol. The maximum Gasteiger partial charge on any atom is 0.138 e. The molecule has 2 aromatic rings. The Bertz CT molecular complexity index is 540.